The minimum Gasteiger partial charge on any atom is -0.347 e. The van der Waals surface area contributed by atoms with E-state index in [4.69, 9.17) is 0 Å². The van der Waals surface area contributed by atoms with Crippen molar-refractivity contribution in [2.45, 2.75) is 26.1 Å². The molecule has 0 spiro atoms. The van der Waals surface area contributed by atoms with E-state index in [1.165, 1.54) is 6.07 Å². The third kappa shape index (κ3) is 3.34. The van der Waals surface area contributed by atoms with E-state index >= 15 is 0 Å². The van der Waals surface area contributed by atoms with Gasteiger partial charge in [-0.05, 0) is 25.6 Å². The number of carbonyl (C=O) groups excluding carboxylic acids is 1. The summed E-state index contributed by atoms with van der Waals surface area (Å²) in [6.07, 6.45) is 2.76. The van der Waals surface area contributed by atoms with Gasteiger partial charge in [0.25, 0.3) is 11.5 Å². The Morgan fingerprint density at radius 3 is 2.91 bits per heavy atom. The van der Waals surface area contributed by atoms with Crippen molar-refractivity contribution < 1.29 is 4.79 Å². The monoisotopic (exact) mass is 315 g/mol. The average molecular weight is 315 g/mol. The lowest BCUT2D eigenvalue weighted by atomic mass is 10.3. The van der Waals surface area contributed by atoms with Crippen LogP contribution in [0.3, 0.4) is 0 Å². The van der Waals surface area contributed by atoms with Gasteiger partial charge in [0.05, 0.1) is 18.8 Å². The fourth-order valence-electron chi connectivity index (χ4n) is 2.83. The van der Waals surface area contributed by atoms with Crippen LogP contribution >= 0.6 is 0 Å². The van der Waals surface area contributed by atoms with Crippen LogP contribution < -0.4 is 10.9 Å². The molecule has 0 radical (unpaired) electrons. The largest absolute Gasteiger partial charge is 0.347 e. The fourth-order valence-corrected chi connectivity index (χ4v) is 2.83. The summed E-state index contributed by atoms with van der Waals surface area (Å²) in [6, 6.07) is 5.08. The van der Waals surface area contributed by atoms with Crippen molar-refractivity contribution >= 4 is 5.91 Å². The standard InChI is InChI=1S/C16H21N5O2/c1-19-6-4-8-21-14(11-19)18-12(9-15(21)22)10-17-16(23)13-5-3-7-20(13)2/h3,5,7,9H,4,6,8,10-11H2,1-2H3,(H,17,23). The molecule has 0 aromatic carbocycles. The summed E-state index contributed by atoms with van der Waals surface area (Å²) in [5.41, 5.74) is 1.13. The Hall–Kier alpha value is -2.41. The average Bonchev–Trinajstić information content (AvgIpc) is 2.83. The molecular weight excluding hydrogens is 294 g/mol. The van der Waals surface area contributed by atoms with E-state index in [2.05, 4.69) is 15.2 Å². The van der Waals surface area contributed by atoms with Crippen LogP contribution in [0.4, 0.5) is 0 Å². The van der Waals surface area contributed by atoms with Crippen molar-refractivity contribution in [1.82, 2.24) is 24.3 Å². The Kier molecular flexibility index (Phi) is 4.29. The molecule has 1 amide bonds. The van der Waals surface area contributed by atoms with Crippen LogP contribution in [0, 0.1) is 0 Å². The highest BCUT2D eigenvalue weighted by Gasteiger charge is 2.15. The second-order valence-electron chi connectivity index (χ2n) is 5.93. The van der Waals surface area contributed by atoms with Gasteiger partial charge >= 0.3 is 0 Å². The molecule has 0 aliphatic carbocycles. The molecule has 1 aliphatic rings. The van der Waals surface area contributed by atoms with Gasteiger partial charge in [-0.2, -0.15) is 0 Å². The lowest BCUT2D eigenvalue weighted by molar-refractivity contribution is 0.0942. The SMILES string of the molecule is CN1CCCn2c(nc(CNC(=O)c3cccn3C)cc2=O)C1. The molecule has 3 heterocycles. The van der Waals surface area contributed by atoms with Gasteiger partial charge < -0.3 is 9.88 Å². The van der Waals surface area contributed by atoms with Gasteiger partial charge in [0.2, 0.25) is 0 Å². The summed E-state index contributed by atoms with van der Waals surface area (Å²) < 4.78 is 3.48. The molecule has 2 aromatic rings. The molecule has 122 valence electrons. The molecular formula is C16H21N5O2. The van der Waals surface area contributed by atoms with E-state index < -0.39 is 0 Å². The lowest BCUT2D eigenvalue weighted by Crippen LogP contribution is -2.30. The van der Waals surface area contributed by atoms with Crippen LogP contribution in [0.5, 0.6) is 0 Å². The molecule has 0 fully saturated rings. The van der Waals surface area contributed by atoms with Gasteiger partial charge in [-0.3, -0.25) is 19.1 Å². The van der Waals surface area contributed by atoms with Gasteiger partial charge in [-0.15, -0.1) is 0 Å². The van der Waals surface area contributed by atoms with Gasteiger partial charge in [-0.25, -0.2) is 4.98 Å². The van der Waals surface area contributed by atoms with E-state index in [1.807, 2.05) is 26.4 Å². The Morgan fingerprint density at radius 2 is 2.17 bits per heavy atom. The number of rotatable bonds is 3. The van der Waals surface area contributed by atoms with Crippen molar-refractivity contribution in [3.63, 3.8) is 0 Å². The van der Waals surface area contributed by atoms with Gasteiger partial charge in [0, 0.05) is 32.4 Å². The molecule has 0 saturated heterocycles. The van der Waals surface area contributed by atoms with Gasteiger partial charge in [-0.1, -0.05) is 0 Å². The predicted octanol–water partition coefficient (Wildman–Crippen LogP) is 0.347. The molecule has 0 unspecified atom stereocenters. The second kappa shape index (κ2) is 6.37. The maximum atomic E-state index is 12.3. The van der Waals surface area contributed by atoms with Crippen LogP contribution in [0.15, 0.2) is 29.2 Å². The molecule has 7 nitrogen and oxygen atoms in total. The van der Waals surface area contributed by atoms with Gasteiger partial charge in [0.1, 0.15) is 11.5 Å². The Balaban J connectivity index is 1.76. The zero-order chi connectivity index (χ0) is 16.4. The Morgan fingerprint density at radius 1 is 1.35 bits per heavy atom. The first-order valence-electron chi connectivity index (χ1n) is 7.72. The minimum absolute atomic E-state index is 0.0478. The topological polar surface area (TPSA) is 72.2 Å². The summed E-state index contributed by atoms with van der Waals surface area (Å²) in [6.45, 7) is 2.54. The summed E-state index contributed by atoms with van der Waals surface area (Å²) >= 11 is 0. The normalized spacial score (nSPS) is 15.0. The van der Waals surface area contributed by atoms with E-state index in [1.54, 1.807) is 15.2 Å². The highest BCUT2D eigenvalue weighted by Crippen LogP contribution is 2.07. The van der Waals surface area contributed by atoms with E-state index in [0.717, 1.165) is 18.8 Å². The number of nitrogens with zero attached hydrogens (tertiary/aromatic N) is 4. The first kappa shape index (κ1) is 15.5. The Bertz CT molecular complexity index is 777. The zero-order valence-corrected chi connectivity index (χ0v) is 13.5. The maximum absolute atomic E-state index is 12.3. The number of hydrogen-bond acceptors (Lipinski definition) is 4. The third-order valence-corrected chi connectivity index (χ3v) is 4.08. The summed E-state index contributed by atoms with van der Waals surface area (Å²) in [5.74, 6) is 0.590. The van der Waals surface area contributed by atoms with E-state index in [0.29, 0.717) is 24.5 Å². The highest BCUT2D eigenvalue weighted by molar-refractivity contribution is 5.92. The summed E-state index contributed by atoms with van der Waals surface area (Å²) in [4.78, 5) is 31.1. The predicted molar refractivity (Wildman–Crippen MR) is 86.0 cm³/mol. The van der Waals surface area contributed by atoms with Gasteiger partial charge in [0.15, 0.2) is 0 Å². The quantitative estimate of drug-likeness (QED) is 0.887. The molecule has 0 atom stereocenters. The van der Waals surface area contributed by atoms with E-state index in [9.17, 15) is 9.59 Å². The molecule has 1 N–H and O–H groups in total. The molecule has 0 saturated carbocycles. The number of hydrogen-bond donors (Lipinski definition) is 1. The van der Waals surface area contributed by atoms with Crippen molar-refractivity contribution in [1.29, 1.82) is 0 Å². The molecule has 1 aliphatic heterocycles. The van der Waals surface area contributed by atoms with Crippen LogP contribution in [0.2, 0.25) is 0 Å². The molecule has 7 heteroatoms. The molecule has 23 heavy (non-hydrogen) atoms. The summed E-state index contributed by atoms with van der Waals surface area (Å²) in [5, 5.41) is 2.82. The Labute approximate surface area is 134 Å². The second-order valence-corrected chi connectivity index (χ2v) is 5.93. The van der Waals surface area contributed by atoms with E-state index in [-0.39, 0.29) is 18.0 Å². The number of fused-ring (bicyclic) bond motifs is 1. The number of amides is 1. The number of aryl methyl sites for hydroxylation is 1. The molecule has 0 bridgehead atoms. The number of carbonyl (C=O) groups is 1. The first-order chi connectivity index (χ1) is 11.0. The highest BCUT2D eigenvalue weighted by atomic mass is 16.2. The fraction of sp³-hybridized carbons (Fsp3) is 0.438. The smallest absolute Gasteiger partial charge is 0.268 e. The van der Waals surface area contributed by atoms with Crippen molar-refractivity contribution in [2.24, 2.45) is 7.05 Å². The maximum Gasteiger partial charge on any atom is 0.268 e. The number of nitrogens with one attached hydrogen (secondary N) is 1. The lowest BCUT2D eigenvalue weighted by Gasteiger charge is -2.14. The van der Waals surface area contributed by atoms with Crippen molar-refractivity contribution in [3.8, 4) is 0 Å². The summed E-state index contributed by atoms with van der Waals surface area (Å²) in [7, 11) is 3.84. The van der Waals surface area contributed by atoms with Crippen LogP contribution in [0.25, 0.3) is 0 Å². The van der Waals surface area contributed by atoms with Crippen LogP contribution in [0.1, 0.15) is 28.4 Å². The van der Waals surface area contributed by atoms with Crippen LogP contribution in [-0.2, 0) is 26.7 Å². The number of aromatic nitrogens is 3. The molecule has 2 aromatic heterocycles. The van der Waals surface area contributed by atoms with Crippen LogP contribution in [-0.4, -0.2) is 38.5 Å². The minimum atomic E-state index is -0.175. The first-order valence-corrected chi connectivity index (χ1v) is 7.72. The molecule has 3 rings (SSSR count). The van der Waals surface area contributed by atoms with Crippen molar-refractivity contribution in [2.75, 3.05) is 13.6 Å². The van der Waals surface area contributed by atoms with Crippen molar-refractivity contribution in [3.05, 3.63) is 52.0 Å². The zero-order valence-electron chi connectivity index (χ0n) is 13.5. The third-order valence-electron chi connectivity index (χ3n) is 4.08.